The van der Waals surface area contributed by atoms with Gasteiger partial charge in [-0.05, 0) is 36.4 Å². The summed E-state index contributed by atoms with van der Waals surface area (Å²) in [6.07, 6.45) is 1.40. The Hall–Kier alpha value is -2.65. The molecule has 0 aromatic heterocycles. The molecule has 0 spiro atoms. The first-order valence-corrected chi connectivity index (χ1v) is 9.56. The zero-order chi connectivity index (χ0) is 19.4. The molecule has 2 amide bonds. The molecule has 2 aromatic carbocycles. The van der Waals surface area contributed by atoms with Gasteiger partial charge in [-0.15, -0.1) is 5.10 Å². The van der Waals surface area contributed by atoms with E-state index in [0.717, 1.165) is 21.1 Å². The van der Waals surface area contributed by atoms with Crippen molar-refractivity contribution in [3.63, 3.8) is 0 Å². The van der Waals surface area contributed by atoms with Crippen LogP contribution in [0.5, 0.6) is 5.75 Å². The molecule has 1 aliphatic heterocycles. The number of imide groups is 1. The van der Waals surface area contributed by atoms with E-state index in [1.807, 2.05) is 0 Å². The lowest BCUT2D eigenvalue weighted by atomic mass is 10.2. The molecule has 3 rings (SSSR count). The Labute approximate surface area is 168 Å². The molecule has 1 aliphatic rings. The molecule has 0 saturated carbocycles. The van der Waals surface area contributed by atoms with Crippen LogP contribution in [0, 0.1) is 0 Å². The monoisotopic (exact) mass is 446 g/mol. The summed E-state index contributed by atoms with van der Waals surface area (Å²) in [5.41, 5.74) is 6.83. The summed E-state index contributed by atoms with van der Waals surface area (Å²) in [4.78, 5) is 26.0. The second-order valence-corrected chi connectivity index (χ2v) is 7.73. The molecule has 27 heavy (non-hydrogen) atoms. The molecule has 0 aliphatic carbocycles. The zero-order valence-electron chi connectivity index (χ0n) is 13.9. The van der Waals surface area contributed by atoms with Crippen molar-refractivity contribution in [3.8, 4) is 5.75 Å². The molecule has 1 heterocycles. The van der Waals surface area contributed by atoms with Crippen molar-refractivity contribution >= 4 is 56.6 Å². The van der Waals surface area contributed by atoms with Crippen LogP contribution in [0.3, 0.4) is 0 Å². The molecule has 138 valence electrons. The van der Waals surface area contributed by atoms with Crippen LogP contribution in [0.25, 0.3) is 0 Å². The molecule has 1 atom stereocenters. The van der Waals surface area contributed by atoms with Gasteiger partial charge in [-0.25, -0.2) is 4.90 Å². The number of benzene rings is 2. The Balaban J connectivity index is 1.67. The maximum absolute atomic E-state index is 12.6. The molecule has 1 saturated heterocycles. The average molecular weight is 447 g/mol. The topological polar surface area (TPSA) is 108 Å². The van der Waals surface area contributed by atoms with Crippen LogP contribution in [-0.2, 0) is 9.59 Å². The van der Waals surface area contributed by atoms with Crippen LogP contribution in [0.2, 0.25) is 0 Å². The van der Waals surface area contributed by atoms with E-state index in [4.69, 9.17) is 5.73 Å². The van der Waals surface area contributed by atoms with Crippen LogP contribution in [0.4, 0.5) is 5.69 Å². The van der Waals surface area contributed by atoms with Crippen molar-refractivity contribution in [1.82, 2.24) is 0 Å². The normalized spacial score (nSPS) is 17.9. The Morgan fingerprint density at radius 3 is 2.63 bits per heavy atom. The Morgan fingerprint density at radius 2 is 1.93 bits per heavy atom. The number of carbonyl (C=O) groups is 2. The van der Waals surface area contributed by atoms with Gasteiger partial charge in [-0.2, -0.15) is 5.10 Å². The van der Waals surface area contributed by atoms with Crippen molar-refractivity contribution in [2.24, 2.45) is 15.9 Å². The summed E-state index contributed by atoms with van der Waals surface area (Å²) in [7, 11) is 0. The van der Waals surface area contributed by atoms with E-state index in [1.54, 1.807) is 42.5 Å². The van der Waals surface area contributed by atoms with Gasteiger partial charge in [0, 0.05) is 16.5 Å². The van der Waals surface area contributed by atoms with Crippen molar-refractivity contribution in [1.29, 1.82) is 0 Å². The number of nitrogens with zero attached hydrogens (tertiary/aromatic N) is 3. The van der Waals surface area contributed by atoms with Gasteiger partial charge in [-0.3, -0.25) is 9.59 Å². The molecule has 2 aromatic rings. The summed E-state index contributed by atoms with van der Waals surface area (Å²) in [5, 5.41) is 16.7. The minimum Gasteiger partial charge on any atom is -0.507 e. The zero-order valence-corrected chi connectivity index (χ0v) is 16.4. The third-order valence-corrected chi connectivity index (χ3v) is 5.25. The van der Waals surface area contributed by atoms with Gasteiger partial charge in [0.2, 0.25) is 11.8 Å². The molecular weight excluding hydrogens is 432 g/mol. The van der Waals surface area contributed by atoms with Gasteiger partial charge in [0.1, 0.15) is 11.0 Å². The number of phenolic OH excluding ortho intramolecular Hbond substituents is 1. The van der Waals surface area contributed by atoms with Gasteiger partial charge in [-0.1, -0.05) is 39.8 Å². The molecule has 9 heteroatoms. The maximum atomic E-state index is 12.6. The van der Waals surface area contributed by atoms with Crippen LogP contribution in [-0.4, -0.2) is 33.6 Å². The molecule has 7 nitrogen and oxygen atoms in total. The SMILES string of the molecule is NC(=N/N=C\c1ccccc1O)S[C@@H]1CC(=O)N(c2ccc(Br)cc2)C1=O. The highest BCUT2D eigenvalue weighted by molar-refractivity contribution is 9.10. The molecule has 1 fully saturated rings. The number of aromatic hydroxyl groups is 1. The van der Waals surface area contributed by atoms with E-state index in [9.17, 15) is 14.7 Å². The van der Waals surface area contributed by atoms with Crippen LogP contribution < -0.4 is 10.6 Å². The Kier molecular flexibility index (Phi) is 5.92. The number of amidine groups is 1. The first kappa shape index (κ1) is 19.1. The molecule has 0 radical (unpaired) electrons. The van der Waals surface area contributed by atoms with Gasteiger partial charge >= 0.3 is 0 Å². The van der Waals surface area contributed by atoms with Crippen molar-refractivity contribution in [3.05, 3.63) is 58.6 Å². The Morgan fingerprint density at radius 1 is 1.22 bits per heavy atom. The van der Waals surface area contributed by atoms with Crippen LogP contribution >= 0.6 is 27.7 Å². The number of anilines is 1. The second kappa shape index (κ2) is 8.36. The van der Waals surface area contributed by atoms with E-state index < -0.39 is 5.25 Å². The number of rotatable bonds is 4. The highest BCUT2D eigenvalue weighted by atomic mass is 79.9. The van der Waals surface area contributed by atoms with Gasteiger partial charge < -0.3 is 10.8 Å². The molecular formula is C18H15BrN4O3S. The lowest BCUT2D eigenvalue weighted by Gasteiger charge is -2.14. The number of hydrogen-bond acceptors (Lipinski definition) is 6. The smallest absolute Gasteiger partial charge is 0.247 e. The number of carbonyl (C=O) groups excluding carboxylic acids is 2. The highest BCUT2D eigenvalue weighted by Gasteiger charge is 2.40. The predicted octanol–water partition coefficient (Wildman–Crippen LogP) is 2.87. The fraction of sp³-hybridized carbons (Fsp3) is 0.111. The third kappa shape index (κ3) is 4.55. The number of phenols is 1. The summed E-state index contributed by atoms with van der Waals surface area (Å²) in [6, 6.07) is 13.6. The van der Waals surface area contributed by atoms with Gasteiger partial charge in [0.15, 0.2) is 5.17 Å². The first-order valence-electron chi connectivity index (χ1n) is 7.89. The standard InChI is InChI=1S/C18H15BrN4O3S/c19-12-5-7-13(8-6-12)23-16(25)9-15(17(23)26)27-18(20)22-21-10-11-3-1-2-4-14(11)24/h1-8,10,15,24H,9H2,(H2,20,22)/b21-10-/t15-/m1/s1. The molecule has 0 unspecified atom stereocenters. The minimum atomic E-state index is -0.648. The lowest BCUT2D eigenvalue weighted by molar-refractivity contribution is -0.121. The van der Waals surface area contributed by atoms with Crippen molar-refractivity contribution in [2.45, 2.75) is 11.7 Å². The molecule has 3 N–H and O–H groups in total. The first-order chi connectivity index (χ1) is 13.0. The van der Waals surface area contributed by atoms with Crippen molar-refractivity contribution < 1.29 is 14.7 Å². The van der Waals surface area contributed by atoms with E-state index in [0.29, 0.717) is 11.3 Å². The lowest BCUT2D eigenvalue weighted by Crippen LogP contribution is -2.31. The largest absolute Gasteiger partial charge is 0.507 e. The fourth-order valence-electron chi connectivity index (χ4n) is 2.47. The fourth-order valence-corrected chi connectivity index (χ4v) is 3.55. The second-order valence-electron chi connectivity index (χ2n) is 5.60. The number of amides is 2. The van der Waals surface area contributed by atoms with E-state index in [2.05, 4.69) is 26.1 Å². The molecule has 0 bridgehead atoms. The van der Waals surface area contributed by atoms with E-state index in [-0.39, 0.29) is 29.2 Å². The third-order valence-electron chi connectivity index (χ3n) is 3.74. The minimum absolute atomic E-state index is 0.0406. The average Bonchev–Trinajstić information content (AvgIpc) is 2.91. The van der Waals surface area contributed by atoms with Gasteiger partial charge in [0.05, 0.1) is 11.9 Å². The summed E-state index contributed by atoms with van der Waals surface area (Å²) >= 11 is 4.31. The number of halogens is 1. The number of hydrogen-bond donors (Lipinski definition) is 2. The maximum Gasteiger partial charge on any atom is 0.247 e. The van der Waals surface area contributed by atoms with Crippen LogP contribution in [0.1, 0.15) is 12.0 Å². The summed E-state index contributed by atoms with van der Waals surface area (Å²) < 4.78 is 0.856. The summed E-state index contributed by atoms with van der Waals surface area (Å²) in [6.45, 7) is 0. The summed E-state index contributed by atoms with van der Waals surface area (Å²) in [5.74, 6) is -0.551. The number of para-hydroxylation sites is 1. The number of nitrogens with two attached hydrogens (primary N) is 1. The van der Waals surface area contributed by atoms with Gasteiger partial charge in [0.25, 0.3) is 0 Å². The highest BCUT2D eigenvalue weighted by Crippen LogP contribution is 2.30. The van der Waals surface area contributed by atoms with Crippen molar-refractivity contribution in [2.75, 3.05) is 4.90 Å². The predicted molar refractivity (Wildman–Crippen MR) is 110 cm³/mol. The van der Waals surface area contributed by atoms with Crippen LogP contribution in [0.15, 0.2) is 63.2 Å². The van der Waals surface area contributed by atoms with E-state index in [1.165, 1.54) is 12.3 Å². The van der Waals surface area contributed by atoms with E-state index >= 15 is 0 Å². The number of thioether (sulfide) groups is 1. The Bertz CT molecular complexity index is 930. The quantitative estimate of drug-likeness (QED) is 0.324.